The summed E-state index contributed by atoms with van der Waals surface area (Å²) in [7, 11) is 0. The van der Waals surface area contributed by atoms with Gasteiger partial charge in [-0.2, -0.15) is 0 Å². The Hall–Kier alpha value is -3.78. The maximum absolute atomic E-state index is 14.2. The molecule has 0 saturated carbocycles. The minimum Gasteiger partial charge on any atom is -0.490 e. The summed E-state index contributed by atoms with van der Waals surface area (Å²) >= 11 is 6.37. The molecular formula is C23H13ClF2N2O4. The summed E-state index contributed by atoms with van der Waals surface area (Å²) in [5.41, 5.74) is 1.14. The van der Waals surface area contributed by atoms with Crippen LogP contribution in [0.1, 0.15) is 20.7 Å². The third kappa shape index (κ3) is 3.20. The van der Waals surface area contributed by atoms with Gasteiger partial charge in [-0.3, -0.25) is 14.5 Å². The zero-order valence-corrected chi connectivity index (χ0v) is 17.0. The number of imide groups is 1. The van der Waals surface area contributed by atoms with Crippen molar-refractivity contribution >= 4 is 34.4 Å². The smallest absolute Gasteiger partial charge is 0.261 e. The SMILES string of the molecule is O=C1c2ccccc2C(=O)N1CCOc1ccc2c(-c3ccc(F)cc3F)noc2c1Cl. The Morgan fingerprint density at radius 1 is 0.969 bits per heavy atom. The van der Waals surface area contributed by atoms with Crippen molar-refractivity contribution in [2.45, 2.75) is 0 Å². The lowest BCUT2D eigenvalue weighted by Crippen LogP contribution is -2.33. The van der Waals surface area contributed by atoms with E-state index in [1.54, 1.807) is 36.4 Å². The molecule has 32 heavy (non-hydrogen) atoms. The minimum atomic E-state index is -0.780. The van der Waals surface area contributed by atoms with Crippen LogP contribution in [0.5, 0.6) is 5.75 Å². The molecule has 1 aliphatic heterocycles. The van der Waals surface area contributed by atoms with Gasteiger partial charge in [0, 0.05) is 11.6 Å². The first kappa shape index (κ1) is 20.1. The molecule has 1 aromatic heterocycles. The van der Waals surface area contributed by atoms with Gasteiger partial charge >= 0.3 is 0 Å². The number of benzene rings is 3. The number of ether oxygens (including phenoxy) is 1. The molecular weight excluding hydrogens is 442 g/mol. The Morgan fingerprint density at radius 3 is 2.38 bits per heavy atom. The fourth-order valence-electron chi connectivity index (χ4n) is 3.63. The van der Waals surface area contributed by atoms with Crippen LogP contribution in [0, 0.1) is 11.6 Å². The molecule has 3 aromatic carbocycles. The van der Waals surface area contributed by atoms with Gasteiger partial charge in [-0.25, -0.2) is 8.78 Å². The molecule has 0 N–H and O–H groups in total. The molecule has 4 aromatic rings. The fourth-order valence-corrected chi connectivity index (χ4v) is 3.88. The Morgan fingerprint density at radius 2 is 1.69 bits per heavy atom. The van der Waals surface area contributed by atoms with E-state index in [1.807, 2.05) is 0 Å². The van der Waals surface area contributed by atoms with Crippen LogP contribution >= 0.6 is 11.6 Å². The summed E-state index contributed by atoms with van der Waals surface area (Å²) in [5, 5.41) is 4.40. The lowest BCUT2D eigenvalue weighted by Gasteiger charge is -2.15. The molecule has 0 radical (unpaired) electrons. The molecule has 0 bridgehead atoms. The Kier molecular flexibility index (Phi) is 4.86. The standard InChI is InChI=1S/C23H13ClF2N2O4/c24-19-18(31-10-9-28-22(29)13-3-1-2-4-14(13)23(28)30)8-7-16-20(27-32-21(16)19)15-6-5-12(25)11-17(15)26/h1-8,11H,9-10H2. The lowest BCUT2D eigenvalue weighted by atomic mass is 10.1. The van der Waals surface area contributed by atoms with Crippen LogP contribution in [0.15, 0.2) is 59.1 Å². The summed E-state index contributed by atoms with van der Waals surface area (Å²) in [4.78, 5) is 26.0. The van der Waals surface area contributed by atoms with E-state index in [1.165, 1.54) is 6.07 Å². The highest BCUT2D eigenvalue weighted by Crippen LogP contribution is 2.38. The molecule has 2 amide bonds. The van der Waals surface area contributed by atoms with Crippen molar-refractivity contribution in [3.8, 4) is 17.0 Å². The molecule has 9 heteroatoms. The Bertz CT molecular complexity index is 1370. The molecule has 2 heterocycles. The molecule has 6 nitrogen and oxygen atoms in total. The molecule has 0 atom stereocenters. The molecule has 0 unspecified atom stereocenters. The van der Waals surface area contributed by atoms with Crippen molar-refractivity contribution in [3.63, 3.8) is 0 Å². The second kappa shape index (κ2) is 7.72. The predicted octanol–water partition coefficient (Wildman–Crippen LogP) is 5.10. The van der Waals surface area contributed by atoms with Gasteiger partial charge in [0.05, 0.1) is 23.1 Å². The van der Waals surface area contributed by atoms with Gasteiger partial charge in [0.25, 0.3) is 11.8 Å². The van der Waals surface area contributed by atoms with Gasteiger partial charge in [-0.15, -0.1) is 0 Å². The second-order valence-electron chi connectivity index (χ2n) is 7.07. The highest BCUT2D eigenvalue weighted by molar-refractivity contribution is 6.36. The lowest BCUT2D eigenvalue weighted by molar-refractivity contribution is 0.0631. The number of fused-ring (bicyclic) bond motifs is 2. The average Bonchev–Trinajstić information content (AvgIpc) is 3.31. The van der Waals surface area contributed by atoms with Crippen molar-refractivity contribution < 1.29 is 27.6 Å². The largest absolute Gasteiger partial charge is 0.490 e. The van der Waals surface area contributed by atoms with Crippen LogP contribution in [-0.2, 0) is 0 Å². The van der Waals surface area contributed by atoms with Gasteiger partial charge in [0.1, 0.15) is 34.7 Å². The molecule has 0 saturated heterocycles. The van der Waals surface area contributed by atoms with Crippen molar-refractivity contribution in [1.29, 1.82) is 0 Å². The number of hydrogen-bond acceptors (Lipinski definition) is 5. The first-order chi connectivity index (χ1) is 15.5. The maximum Gasteiger partial charge on any atom is 0.261 e. The van der Waals surface area contributed by atoms with Gasteiger partial charge < -0.3 is 9.26 Å². The Labute approximate surface area is 184 Å². The summed E-state index contributed by atoms with van der Waals surface area (Å²) < 4.78 is 38.3. The highest BCUT2D eigenvalue weighted by Gasteiger charge is 2.34. The third-order valence-corrected chi connectivity index (χ3v) is 5.54. The van der Waals surface area contributed by atoms with E-state index in [-0.39, 0.29) is 52.6 Å². The van der Waals surface area contributed by atoms with Crippen LogP contribution in [0.3, 0.4) is 0 Å². The van der Waals surface area contributed by atoms with Gasteiger partial charge in [-0.1, -0.05) is 28.9 Å². The van der Waals surface area contributed by atoms with E-state index in [0.717, 1.165) is 17.0 Å². The number of nitrogens with zero attached hydrogens (tertiary/aromatic N) is 2. The van der Waals surface area contributed by atoms with Crippen LogP contribution in [0.2, 0.25) is 5.02 Å². The van der Waals surface area contributed by atoms with E-state index in [4.69, 9.17) is 20.9 Å². The first-order valence-electron chi connectivity index (χ1n) is 9.57. The summed E-state index contributed by atoms with van der Waals surface area (Å²) in [6, 6.07) is 12.9. The van der Waals surface area contributed by atoms with E-state index >= 15 is 0 Å². The monoisotopic (exact) mass is 454 g/mol. The molecule has 0 spiro atoms. The third-order valence-electron chi connectivity index (χ3n) is 5.18. The average molecular weight is 455 g/mol. The number of aromatic nitrogens is 1. The summed E-state index contributed by atoms with van der Waals surface area (Å²) in [5.74, 6) is -1.99. The minimum absolute atomic E-state index is 0.00425. The zero-order chi connectivity index (χ0) is 22.4. The number of halogens is 3. The second-order valence-corrected chi connectivity index (χ2v) is 7.44. The molecule has 160 valence electrons. The van der Waals surface area contributed by atoms with Gasteiger partial charge in [-0.05, 0) is 36.4 Å². The fraction of sp³-hybridized carbons (Fsp3) is 0.0870. The van der Waals surface area contributed by atoms with Gasteiger partial charge in [0.15, 0.2) is 5.58 Å². The van der Waals surface area contributed by atoms with Crippen LogP contribution in [-0.4, -0.2) is 35.0 Å². The number of carbonyl (C=O) groups excluding carboxylic acids is 2. The van der Waals surface area contributed by atoms with Crippen LogP contribution < -0.4 is 4.74 Å². The number of rotatable bonds is 5. The molecule has 0 aliphatic carbocycles. The van der Waals surface area contributed by atoms with Crippen LogP contribution in [0.25, 0.3) is 22.2 Å². The van der Waals surface area contributed by atoms with Crippen LogP contribution in [0.4, 0.5) is 8.78 Å². The normalized spacial score (nSPS) is 13.2. The van der Waals surface area contributed by atoms with E-state index in [0.29, 0.717) is 16.5 Å². The van der Waals surface area contributed by atoms with Gasteiger partial charge in [0.2, 0.25) is 0 Å². The number of hydrogen-bond donors (Lipinski definition) is 0. The van der Waals surface area contributed by atoms with Crippen molar-refractivity contribution in [3.05, 3.63) is 82.4 Å². The molecule has 1 aliphatic rings. The maximum atomic E-state index is 14.2. The number of amides is 2. The Balaban J connectivity index is 1.35. The topological polar surface area (TPSA) is 72.6 Å². The van der Waals surface area contributed by atoms with E-state index in [2.05, 4.69) is 5.16 Å². The molecule has 5 rings (SSSR count). The quantitative estimate of drug-likeness (QED) is 0.392. The summed E-state index contributed by atoms with van der Waals surface area (Å²) in [6.07, 6.45) is 0. The van der Waals surface area contributed by atoms with E-state index in [9.17, 15) is 18.4 Å². The highest BCUT2D eigenvalue weighted by atomic mass is 35.5. The first-order valence-corrected chi connectivity index (χ1v) is 9.95. The zero-order valence-electron chi connectivity index (χ0n) is 16.3. The van der Waals surface area contributed by atoms with E-state index < -0.39 is 11.6 Å². The van der Waals surface area contributed by atoms with Crippen molar-refractivity contribution in [2.24, 2.45) is 0 Å². The molecule has 0 fully saturated rings. The van der Waals surface area contributed by atoms with Crippen molar-refractivity contribution in [1.82, 2.24) is 10.1 Å². The predicted molar refractivity (Wildman–Crippen MR) is 112 cm³/mol. The summed E-state index contributed by atoms with van der Waals surface area (Å²) in [6.45, 7) is 0.0352. The van der Waals surface area contributed by atoms with Crippen molar-refractivity contribution in [2.75, 3.05) is 13.2 Å². The number of carbonyl (C=O) groups is 2.